The Morgan fingerprint density at radius 3 is 2.47 bits per heavy atom. The summed E-state index contributed by atoms with van der Waals surface area (Å²) in [6.07, 6.45) is 1.68. The van der Waals surface area contributed by atoms with Crippen molar-refractivity contribution in [1.29, 1.82) is 0 Å². The van der Waals surface area contributed by atoms with Crippen molar-refractivity contribution in [2.75, 3.05) is 12.5 Å². The Labute approximate surface area is 214 Å². The number of carbonyl (C=O) groups is 2. The maximum Gasteiger partial charge on any atom is 0.305 e. The van der Waals surface area contributed by atoms with E-state index in [1.807, 2.05) is 0 Å². The van der Waals surface area contributed by atoms with Gasteiger partial charge in [-0.2, -0.15) is 5.10 Å². The fraction of sp³-hybridized carbons (Fsp3) is 0.208. The zero-order valence-electron chi connectivity index (χ0n) is 20.3. The Balaban J connectivity index is 1.54. The highest BCUT2D eigenvalue weighted by molar-refractivity contribution is 6.07. The summed E-state index contributed by atoms with van der Waals surface area (Å²) in [6, 6.07) is 9.70. The number of fused-ring (bicyclic) bond motifs is 1. The van der Waals surface area contributed by atoms with Gasteiger partial charge in [-0.1, -0.05) is 12.1 Å². The zero-order valence-corrected chi connectivity index (χ0v) is 20.3. The smallest absolute Gasteiger partial charge is 0.305 e. The molecular weight excluding hydrogens is 500 g/mol. The largest absolute Gasteiger partial charge is 0.496 e. The monoisotopic (exact) mass is 522 g/mol. The van der Waals surface area contributed by atoms with Crippen molar-refractivity contribution in [2.24, 2.45) is 5.10 Å². The van der Waals surface area contributed by atoms with Crippen molar-refractivity contribution < 1.29 is 28.6 Å². The lowest BCUT2D eigenvalue weighted by atomic mass is 9.93. The number of methoxy groups -OCH3 is 1. The second-order valence-corrected chi connectivity index (χ2v) is 8.20. The first-order chi connectivity index (χ1) is 18.2. The number of ether oxygens (including phenoxy) is 1. The number of hydrogen-bond acceptors (Lipinski definition) is 10. The van der Waals surface area contributed by atoms with E-state index in [9.17, 15) is 29.8 Å². The van der Waals surface area contributed by atoms with Crippen LogP contribution in [0.1, 0.15) is 50.6 Å². The molecule has 14 nitrogen and oxygen atoms in total. The number of anilines is 1. The lowest BCUT2D eigenvalue weighted by Gasteiger charge is -2.14. The summed E-state index contributed by atoms with van der Waals surface area (Å²) in [7, 11) is 1.43. The van der Waals surface area contributed by atoms with Gasteiger partial charge in [0.05, 0.1) is 34.3 Å². The Kier molecular flexibility index (Phi) is 7.32. The van der Waals surface area contributed by atoms with E-state index in [0.717, 1.165) is 12.1 Å². The molecule has 196 valence electrons. The molecule has 1 aliphatic rings. The number of hydrazone groups is 1. The number of amides is 2. The van der Waals surface area contributed by atoms with Crippen LogP contribution in [0.15, 0.2) is 52.0 Å². The molecule has 0 unspecified atom stereocenters. The van der Waals surface area contributed by atoms with Gasteiger partial charge in [-0.3, -0.25) is 46.1 Å². The minimum absolute atomic E-state index is 0.0220. The summed E-state index contributed by atoms with van der Waals surface area (Å²) < 4.78 is 10.9. The van der Waals surface area contributed by atoms with Crippen LogP contribution in [0.4, 0.5) is 17.1 Å². The van der Waals surface area contributed by atoms with Gasteiger partial charge in [0, 0.05) is 23.6 Å². The second-order valence-electron chi connectivity index (χ2n) is 8.20. The molecule has 1 heterocycles. The van der Waals surface area contributed by atoms with Crippen molar-refractivity contribution in [3.63, 3.8) is 0 Å². The van der Waals surface area contributed by atoms with Crippen LogP contribution in [-0.4, -0.2) is 34.5 Å². The highest BCUT2D eigenvalue weighted by Crippen LogP contribution is 2.32. The van der Waals surface area contributed by atoms with Crippen LogP contribution in [0.5, 0.6) is 5.75 Å². The lowest BCUT2D eigenvalue weighted by Crippen LogP contribution is -2.41. The van der Waals surface area contributed by atoms with E-state index in [4.69, 9.17) is 9.15 Å². The molecule has 0 bridgehead atoms. The number of rotatable bonds is 7. The Bertz CT molecular complexity index is 1480. The number of hydrazine groups is 1. The third-order valence-electron chi connectivity index (χ3n) is 5.87. The molecule has 2 amide bonds. The van der Waals surface area contributed by atoms with Crippen LogP contribution in [0.3, 0.4) is 0 Å². The number of carbonyl (C=O) groups excluding carboxylic acids is 2. The lowest BCUT2D eigenvalue weighted by molar-refractivity contribution is -0.393. The van der Waals surface area contributed by atoms with Crippen molar-refractivity contribution in [3.05, 3.63) is 90.9 Å². The van der Waals surface area contributed by atoms with E-state index < -0.39 is 33.0 Å². The van der Waals surface area contributed by atoms with Gasteiger partial charge in [0.2, 0.25) is 0 Å². The Morgan fingerprint density at radius 2 is 1.76 bits per heavy atom. The predicted octanol–water partition coefficient (Wildman–Crippen LogP) is 3.64. The summed E-state index contributed by atoms with van der Waals surface area (Å²) in [4.78, 5) is 46.2. The van der Waals surface area contributed by atoms with Gasteiger partial charge < -0.3 is 9.15 Å². The number of non-ortho nitro benzene ring substituents is 1. The molecule has 0 spiro atoms. The second kappa shape index (κ2) is 10.8. The van der Waals surface area contributed by atoms with E-state index in [0.29, 0.717) is 47.6 Å². The highest BCUT2D eigenvalue weighted by Gasteiger charge is 2.29. The van der Waals surface area contributed by atoms with Gasteiger partial charge in [-0.05, 0) is 38.0 Å². The summed E-state index contributed by atoms with van der Waals surface area (Å²) >= 11 is 0. The Morgan fingerprint density at radius 1 is 1.03 bits per heavy atom. The molecule has 1 aliphatic carbocycles. The number of hydrogen-bond donors (Lipinski definition) is 3. The average molecular weight is 522 g/mol. The number of nitro groups is 2. The number of furan rings is 1. The number of nitrogens with one attached hydrogen (secondary N) is 3. The summed E-state index contributed by atoms with van der Waals surface area (Å²) in [5, 5.41) is 26.7. The predicted molar refractivity (Wildman–Crippen MR) is 134 cm³/mol. The van der Waals surface area contributed by atoms with E-state index in [1.54, 1.807) is 31.2 Å². The highest BCUT2D eigenvalue weighted by atomic mass is 16.6. The summed E-state index contributed by atoms with van der Waals surface area (Å²) in [5.41, 5.74) is 8.11. The molecule has 1 aromatic heterocycles. The van der Waals surface area contributed by atoms with Gasteiger partial charge >= 0.3 is 11.6 Å². The number of nitrogens with zero attached hydrogens (tertiary/aromatic N) is 3. The molecule has 3 aromatic rings. The number of nitro benzene ring substituents is 2. The molecule has 0 aliphatic heterocycles. The first kappa shape index (κ1) is 25.8. The molecule has 0 saturated carbocycles. The van der Waals surface area contributed by atoms with Crippen LogP contribution < -0.4 is 21.0 Å². The van der Waals surface area contributed by atoms with Crippen LogP contribution in [0, 0.1) is 27.2 Å². The third-order valence-corrected chi connectivity index (χ3v) is 5.87. The van der Waals surface area contributed by atoms with Gasteiger partial charge in [0.25, 0.3) is 11.6 Å². The number of para-hydroxylation sites is 1. The topological polar surface area (TPSA) is 191 Å². The molecule has 0 fully saturated rings. The summed E-state index contributed by atoms with van der Waals surface area (Å²) in [5.74, 6) is -0.440. The van der Waals surface area contributed by atoms with Crippen LogP contribution in [0.25, 0.3) is 0 Å². The molecule has 14 heteroatoms. The summed E-state index contributed by atoms with van der Waals surface area (Å²) in [6.45, 7) is 1.66. The van der Waals surface area contributed by atoms with E-state index in [1.165, 1.54) is 13.2 Å². The molecule has 3 N–H and O–H groups in total. The maximum atomic E-state index is 12.8. The quantitative estimate of drug-likeness (QED) is 0.307. The van der Waals surface area contributed by atoms with Crippen LogP contribution in [-0.2, 0) is 6.42 Å². The standard InChI is InChI=1S/C24H22N6O8/c1-13-21-17(26-25-16-11-10-14(29(33)34)12-18(16)30(35)36)7-5-9-20(21)38-22(13)24(32)28-27-23(31)15-6-3-4-8-19(15)37-2/h3-4,6,8,10-12,25H,5,7,9H2,1-2H3,(H,27,31)(H,28,32)/b26-17+. The average Bonchev–Trinajstić information content (AvgIpc) is 3.27. The fourth-order valence-electron chi connectivity index (χ4n) is 4.07. The SMILES string of the molecule is COc1ccccc1C(=O)NNC(=O)c1oc2c(c1C)/C(=N/Nc1ccc([N+](=O)[O-])cc1[N+](=O)[O-])CCC2. The first-order valence-electron chi connectivity index (χ1n) is 11.3. The normalized spacial score (nSPS) is 13.4. The van der Waals surface area contributed by atoms with Crippen LogP contribution in [0.2, 0.25) is 0 Å². The molecule has 38 heavy (non-hydrogen) atoms. The first-order valence-corrected chi connectivity index (χ1v) is 11.3. The van der Waals surface area contributed by atoms with Crippen molar-refractivity contribution >= 4 is 34.6 Å². The number of aryl methyl sites for hydroxylation is 1. The molecule has 4 rings (SSSR count). The van der Waals surface area contributed by atoms with Gasteiger partial charge in [-0.15, -0.1) is 0 Å². The number of benzene rings is 2. The fourth-order valence-corrected chi connectivity index (χ4v) is 4.07. The van der Waals surface area contributed by atoms with Crippen molar-refractivity contribution in [1.82, 2.24) is 10.9 Å². The molecule has 0 radical (unpaired) electrons. The van der Waals surface area contributed by atoms with E-state index >= 15 is 0 Å². The maximum absolute atomic E-state index is 12.8. The molecule has 2 aromatic carbocycles. The van der Waals surface area contributed by atoms with Gasteiger partial charge in [0.15, 0.2) is 5.76 Å². The molecular formula is C24H22N6O8. The minimum atomic E-state index is -0.743. The van der Waals surface area contributed by atoms with E-state index in [2.05, 4.69) is 21.4 Å². The Hall–Kier alpha value is -5.27. The van der Waals surface area contributed by atoms with Gasteiger partial charge in [-0.25, -0.2) is 0 Å². The van der Waals surface area contributed by atoms with Crippen LogP contribution >= 0.6 is 0 Å². The zero-order chi connectivity index (χ0) is 27.4. The van der Waals surface area contributed by atoms with Gasteiger partial charge in [0.1, 0.15) is 17.2 Å². The molecule has 0 atom stereocenters. The van der Waals surface area contributed by atoms with E-state index in [-0.39, 0.29) is 17.0 Å². The van der Waals surface area contributed by atoms with Crippen molar-refractivity contribution in [3.8, 4) is 5.75 Å². The van der Waals surface area contributed by atoms with Crippen molar-refractivity contribution in [2.45, 2.75) is 26.2 Å². The third kappa shape index (κ3) is 5.13. The molecule has 0 saturated heterocycles. The minimum Gasteiger partial charge on any atom is -0.496 e.